The van der Waals surface area contributed by atoms with E-state index in [-0.39, 0.29) is 0 Å². The summed E-state index contributed by atoms with van der Waals surface area (Å²) in [4.78, 5) is 4.70. The highest BCUT2D eigenvalue weighted by molar-refractivity contribution is 9.10. The quantitative estimate of drug-likeness (QED) is 0.777. The second kappa shape index (κ2) is 6.51. The van der Waals surface area contributed by atoms with Crippen molar-refractivity contribution in [3.05, 3.63) is 27.7 Å². The van der Waals surface area contributed by atoms with E-state index >= 15 is 0 Å². The Labute approximate surface area is 132 Å². The summed E-state index contributed by atoms with van der Waals surface area (Å²) in [6.45, 7) is 5.42. The predicted molar refractivity (Wildman–Crippen MR) is 90.5 cm³/mol. The zero-order valence-corrected chi connectivity index (χ0v) is 14.3. The van der Waals surface area contributed by atoms with Gasteiger partial charge < -0.3 is 5.32 Å². The van der Waals surface area contributed by atoms with E-state index in [0.29, 0.717) is 5.41 Å². The fourth-order valence-corrected chi connectivity index (χ4v) is 3.81. The normalized spacial score (nSPS) is 18.0. The fraction of sp³-hybridized carbons (Fsp3) is 0.500. The van der Waals surface area contributed by atoms with E-state index in [1.807, 2.05) is 18.2 Å². The van der Waals surface area contributed by atoms with Gasteiger partial charge in [0.15, 0.2) is 5.17 Å². The number of aliphatic imine (C=N–C) groups is 1. The number of thioether (sulfide) groups is 1. The Morgan fingerprint density at radius 1 is 1.42 bits per heavy atom. The average Bonchev–Trinajstić information content (AvgIpc) is 2.44. The molecule has 1 aromatic rings. The number of rotatable bonds is 3. The van der Waals surface area contributed by atoms with Crippen molar-refractivity contribution in [3.8, 4) is 0 Å². The molecule has 19 heavy (non-hydrogen) atoms. The lowest BCUT2D eigenvalue weighted by Crippen LogP contribution is -2.32. The van der Waals surface area contributed by atoms with Crippen LogP contribution in [0, 0.1) is 5.41 Å². The van der Waals surface area contributed by atoms with E-state index in [1.54, 1.807) is 11.8 Å². The maximum atomic E-state index is 6.02. The molecule has 104 valence electrons. The maximum Gasteiger partial charge on any atom is 0.161 e. The molecule has 1 aromatic carbocycles. The molecule has 0 radical (unpaired) electrons. The third kappa shape index (κ3) is 3.67. The number of nitrogens with zero attached hydrogens (tertiary/aromatic N) is 1. The molecule has 0 aliphatic carbocycles. The number of hydrogen-bond donors (Lipinski definition) is 1. The van der Waals surface area contributed by atoms with E-state index in [9.17, 15) is 0 Å². The van der Waals surface area contributed by atoms with Crippen LogP contribution in [0.2, 0.25) is 5.02 Å². The lowest BCUT2D eigenvalue weighted by atomic mass is 9.84. The van der Waals surface area contributed by atoms with Crippen LogP contribution in [0.1, 0.15) is 26.7 Å². The Kier molecular flexibility index (Phi) is 5.21. The van der Waals surface area contributed by atoms with E-state index in [0.717, 1.165) is 32.6 Å². The molecule has 0 saturated heterocycles. The molecule has 0 saturated carbocycles. The standard InChI is InChI=1S/C14H18BrClN2S/c1-3-14(4-2)8-17-13(19-9-14)18-12-7-10(16)5-6-11(12)15/h5-7H,3-4,8-9H2,1-2H3,(H,17,18). The molecule has 0 spiro atoms. The van der Waals surface area contributed by atoms with E-state index in [2.05, 4.69) is 35.1 Å². The minimum atomic E-state index is 0.376. The fourth-order valence-electron chi connectivity index (χ4n) is 2.01. The number of nitrogens with one attached hydrogen (secondary N) is 1. The molecule has 0 unspecified atom stereocenters. The number of hydrogen-bond acceptors (Lipinski definition) is 3. The van der Waals surface area contributed by atoms with Crippen molar-refractivity contribution in [3.63, 3.8) is 0 Å². The largest absolute Gasteiger partial charge is 0.334 e. The van der Waals surface area contributed by atoms with Crippen LogP contribution in [0.3, 0.4) is 0 Å². The third-order valence-corrected chi connectivity index (χ3v) is 5.93. The van der Waals surface area contributed by atoms with Gasteiger partial charge in [-0.2, -0.15) is 0 Å². The van der Waals surface area contributed by atoms with Crippen LogP contribution >= 0.6 is 39.3 Å². The van der Waals surface area contributed by atoms with Crippen molar-refractivity contribution in [2.75, 3.05) is 17.6 Å². The van der Waals surface area contributed by atoms with Crippen LogP contribution in [-0.2, 0) is 0 Å². The zero-order valence-electron chi connectivity index (χ0n) is 11.2. The van der Waals surface area contributed by atoms with Gasteiger partial charge in [-0.3, -0.25) is 4.99 Å². The molecule has 0 aromatic heterocycles. The van der Waals surface area contributed by atoms with Gasteiger partial charge in [-0.15, -0.1) is 0 Å². The molecule has 1 aliphatic heterocycles. The predicted octanol–water partition coefficient (Wildman–Crippen LogP) is 5.42. The lowest BCUT2D eigenvalue weighted by Gasteiger charge is -2.33. The summed E-state index contributed by atoms with van der Waals surface area (Å²) in [5.74, 6) is 1.13. The summed E-state index contributed by atoms with van der Waals surface area (Å²) < 4.78 is 1.00. The third-order valence-electron chi connectivity index (χ3n) is 3.74. The van der Waals surface area contributed by atoms with Crippen molar-refractivity contribution in [2.45, 2.75) is 26.7 Å². The Hall–Kier alpha value is -0.190. The Morgan fingerprint density at radius 2 is 2.16 bits per heavy atom. The highest BCUT2D eigenvalue weighted by atomic mass is 79.9. The van der Waals surface area contributed by atoms with Crippen LogP contribution in [-0.4, -0.2) is 17.5 Å². The summed E-state index contributed by atoms with van der Waals surface area (Å²) >= 11 is 11.3. The summed E-state index contributed by atoms with van der Waals surface area (Å²) in [5, 5.41) is 5.07. The first-order valence-corrected chi connectivity index (χ1v) is 8.63. The summed E-state index contributed by atoms with van der Waals surface area (Å²) in [7, 11) is 0. The number of anilines is 1. The second-order valence-corrected chi connectivity index (χ2v) is 7.12. The Balaban J connectivity index is 2.09. The number of amidine groups is 1. The molecular formula is C14H18BrClN2S. The van der Waals surface area contributed by atoms with Crippen LogP contribution in [0.15, 0.2) is 27.7 Å². The van der Waals surface area contributed by atoms with Gasteiger partial charge in [0.05, 0.1) is 5.69 Å². The summed E-state index contributed by atoms with van der Waals surface area (Å²) in [6, 6.07) is 5.73. The average molecular weight is 362 g/mol. The highest BCUT2D eigenvalue weighted by Gasteiger charge is 2.30. The molecule has 1 aliphatic rings. The van der Waals surface area contributed by atoms with Gasteiger partial charge in [0.25, 0.3) is 0 Å². The molecule has 2 nitrogen and oxygen atoms in total. The monoisotopic (exact) mass is 360 g/mol. The van der Waals surface area contributed by atoms with Crippen LogP contribution in [0.25, 0.3) is 0 Å². The second-order valence-electron chi connectivity index (χ2n) is 4.87. The lowest BCUT2D eigenvalue weighted by molar-refractivity contribution is 0.318. The van der Waals surface area contributed by atoms with Crippen molar-refractivity contribution in [2.24, 2.45) is 10.4 Å². The summed E-state index contributed by atoms with van der Waals surface area (Å²) in [6.07, 6.45) is 2.38. The molecule has 1 N–H and O–H groups in total. The minimum Gasteiger partial charge on any atom is -0.334 e. The molecular weight excluding hydrogens is 344 g/mol. The molecule has 1 heterocycles. The number of benzene rings is 1. The highest BCUT2D eigenvalue weighted by Crippen LogP contribution is 2.36. The summed E-state index contributed by atoms with van der Waals surface area (Å²) in [5.41, 5.74) is 1.35. The Bertz CT molecular complexity index is 486. The van der Waals surface area contributed by atoms with Gasteiger partial charge in [0.1, 0.15) is 0 Å². The van der Waals surface area contributed by atoms with Crippen LogP contribution in [0.4, 0.5) is 5.69 Å². The van der Waals surface area contributed by atoms with E-state index in [4.69, 9.17) is 16.6 Å². The van der Waals surface area contributed by atoms with E-state index < -0.39 is 0 Å². The topological polar surface area (TPSA) is 24.4 Å². The van der Waals surface area contributed by atoms with Crippen molar-refractivity contribution < 1.29 is 0 Å². The zero-order chi connectivity index (χ0) is 13.9. The SMILES string of the molecule is CCC1(CC)CN=C(Nc2cc(Cl)ccc2Br)SC1. The molecule has 0 atom stereocenters. The van der Waals surface area contributed by atoms with Gasteiger partial charge in [-0.1, -0.05) is 37.2 Å². The Morgan fingerprint density at radius 3 is 2.74 bits per heavy atom. The van der Waals surface area contributed by atoms with Crippen molar-refractivity contribution in [1.29, 1.82) is 0 Å². The first kappa shape index (κ1) is 15.2. The smallest absolute Gasteiger partial charge is 0.161 e. The van der Waals surface area contributed by atoms with Crippen LogP contribution < -0.4 is 5.32 Å². The molecule has 2 rings (SSSR count). The van der Waals surface area contributed by atoms with Gasteiger partial charge in [-0.25, -0.2) is 0 Å². The first-order chi connectivity index (χ1) is 9.08. The van der Waals surface area contributed by atoms with Gasteiger partial charge in [0, 0.05) is 21.8 Å². The van der Waals surface area contributed by atoms with Gasteiger partial charge in [-0.05, 0) is 52.4 Å². The van der Waals surface area contributed by atoms with Gasteiger partial charge in [0.2, 0.25) is 0 Å². The van der Waals surface area contributed by atoms with Crippen molar-refractivity contribution in [1.82, 2.24) is 0 Å². The molecule has 0 amide bonds. The van der Waals surface area contributed by atoms with Gasteiger partial charge >= 0.3 is 0 Å². The minimum absolute atomic E-state index is 0.376. The molecule has 5 heteroatoms. The molecule has 0 bridgehead atoms. The van der Waals surface area contributed by atoms with E-state index in [1.165, 1.54) is 12.8 Å². The molecule has 0 fully saturated rings. The van der Waals surface area contributed by atoms with Crippen LogP contribution in [0.5, 0.6) is 0 Å². The number of halogens is 2. The maximum absolute atomic E-state index is 6.02. The van der Waals surface area contributed by atoms with Crippen molar-refractivity contribution >= 4 is 50.1 Å². The first-order valence-electron chi connectivity index (χ1n) is 6.48.